The zero-order valence-corrected chi connectivity index (χ0v) is 4.10. The van der Waals surface area contributed by atoms with Gasteiger partial charge in [0, 0.05) is 0 Å². The topological polar surface area (TPSA) is 26.3 Å². The quantitative estimate of drug-likeness (QED) is 0.286. The number of carbonyl (C=O) groups excluding carboxylic acids is 1. The first-order valence-corrected chi connectivity index (χ1v) is 1.75. The van der Waals surface area contributed by atoms with Gasteiger partial charge < -0.3 is 4.74 Å². The highest BCUT2D eigenvalue weighted by molar-refractivity contribution is 5.50. The normalized spacial score (nSPS) is 6.43. The van der Waals surface area contributed by atoms with E-state index in [2.05, 4.69) is 11.3 Å². The van der Waals surface area contributed by atoms with Crippen LogP contribution in [-0.2, 0) is 9.53 Å². The van der Waals surface area contributed by atoms with Crippen LogP contribution < -0.4 is 0 Å². The van der Waals surface area contributed by atoms with Crippen LogP contribution in [0, 0.1) is 0 Å². The molecule has 2 heteroatoms. The molecule has 0 saturated heterocycles. The predicted octanol–water partition coefficient (Wildman–Crippen LogP) is 0.534. The molecule has 0 saturated carbocycles. The molecule has 0 amide bonds. The SMILES string of the molecule is C=C(C=C=O)OC. The summed E-state index contributed by atoms with van der Waals surface area (Å²) in [7, 11) is 1.44. The second-order valence-corrected chi connectivity index (χ2v) is 0.933. The van der Waals surface area contributed by atoms with Crippen molar-refractivity contribution in [2.75, 3.05) is 7.11 Å². The first-order chi connectivity index (χ1) is 3.31. The van der Waals surface area contributed by atoms with Gasteiger partial charge in [0.2, 0.25) is 0 Å². The van der Waals surface area contributed by atoms with Gasteiger partial charge >= 0.3 is 0 Å². The fourth-order valence-electron chi connectivity index (χ4n) is 0.125. The molecule has 0 unspecified atom stereocenters. The van der Waals surface area contributed by atoms with Gasteiger partial charge in [0.25, 0.3) is 0 Å². The summed E-state index contributed by atoms with van der Waals surface area (Å²) < 4.78 is 4.48. The van der Waals surface area contributed by atoms with Crippen LogP contribution in [0.25, 0.3) is 0 Å². The van der Waals surface area contributed by atoms with Crippen molar-refractivity contribution in [3.63, 3.8) is 0 Å². The van der Waals surface area contributed by atoms with Crippen LogP contribution in [0.1, 0.15) is 0 Å². The van der Waals surface area contributed by atoms with Gasteiger partial charge in [-0.25, -0.2) is 4.79 Å². The van der Waals surface area contributed by atoms with Crippen LogP contribution >= 0.6 is 0 Å². The van der Waals surface area contributed by atoms with Gasteiger partial charge in [0.1, 0.15) is 11.7 Å². The first kappa shape index (κ1) is 5.99. The largest absolute Gasteiger partial charge is 0.497 e. The van der Waals surface area contributed by atoms with Gasteiger partial charge in [-0.15, -0.1) is 0 Å². The molecule has 0 aliphatic carbocycles. The number of ether oxygens (including phenoxy) is 1. The lowest BCUT2D eigenvalue weighted by Gasteiger charge is -1.89. The molecule has 0 aromatic carbocycles. The summed E-state index contributed by atoms with van der Waals surface area (Å²) in [6.45, 7) is 3.32. The number of hydrogen-bond acceptors (Lipinski definition) is 2. The average Bonchev–Trinajstić information content (AvgIpc) is 1.68. The Balaban J connectivity index is 3.58. The van der Waals surface area contributed by atoms with E-state index in [1.807, 2.05) is 0 Å². The maximum Gasteiger partial charge on any atom is 0.128 e. The second kappa shape index (κ2) is 3.19. The van der Waals surface area contributed by atoms with Gasteiger partial charge in [-0.1, -0.05) is 6.58 Å². The molecule has 0 aliphatic heterocycles. The third-order valence-corrected chi connectivity index (χ3v) is 0.482. The standard InChI is InChI=1S/C5H6O2/c1-5(7-2)3-4-6/h3H,1H2,2H3. The van der Waals surface area contributed by atoms with Gasteiger partial charge in [0.15, 0.2) is 0 Å². The molecule has 0 aromatic heterocycles. The summed E-state index contributed by atoms with van der Waals surface area (Å²) in [4.78, 5) is 9.45. The zero-order valence-electron chi connectivity index (χ0n) is 4.10. The molecular formula is C5H6O2. The molecule has 0 aliphatic rings. The van der Waals surface area contributed by atoms with E-state index < -0.39 is 0 Å². The van der Waals surface area contributed by atoms with Crippen LogP contribution in [0.15, 0.2) is 18.4 Å². The fourth-order valence-corrected chi connectivity index (χ4v) is 0.125. The maximum atomic E-state index is 9.45. The van der Waals surface area contributed by atoms with Crippen LogP contribution in [-0.4, -0.2) is 13.1 Å². The van der Waals surface area contributed by atoms with Crippen LogP contribution in [0.5, 0.6) is 0 Å². The summed E-state index contributed by atoms with van der Waals surface area (Å²) in [5.74, 6) is 1.85. The second-order valence-electron chi connectivity index (χ2n) is 0.933. The Morgan fingerprint density at radius 3 is 2.71 bits per heavy atom. The molecule has 0 rings (SSSR count). The third kappa shape index (κ3) is 2.80. The van der Waals surface area contributed by atoms with Crippen molar-refractivity contribution in [3.05, 3.63) is 18.4 Å². The van der Waals surface area contributed by atoms with E-state index in [9.17, 15) is 4.79 Å². The Labute approximate surface area is 42.1 Å². The minimum atomic E-state index is 0.329. The van der Waals surface area contributed by atoms with Crippen molar-refractivity contribution in [1.29, 1.82) is 0 Å². The highest BCUT2D eigenvalue weighted by Gasteiger charge is 1.76. The van der Waals surface area contributed by atoms with Crippen LogP contribution in [0.3, 0.4) is 0 Å². The van der Waals surface area contributed by atoms with Crippen molar-refractivity contribution >= 4 is 5.94 Å². The van der Waals surface area contributed by atoms with Crippen molar-refractivity contribution < 1.29 is 9.53 Å². The van der Waals surface area contributed by atoms with E-state index in [0.29, 0.717) is 5.76 Å². The van der Waals surface area contributed by atoms with E-state index in [-0.39, 0.29) is 0 Å². The molecule has 0 bridgehead atoms. The molecule has 0 N–H and O–H groups in total. The fraction of sp³-hybridized carbons (Fsp3) is 0.200. The molecule has 0 radical (unpaired) electrons. The number of allylic oxidation sites excluding steroid dienone is 1. The minimum Gasteiger partial charge on any atom is -0.497 e. The summed E-state index contributed by atoms with van der Waals surface area (Å²) >= 11 is 0. The van der Waals surface area contributed by atoms with Crippen LogP contribution in [0.4, 0.5) is 0 Å². The highest BCUT2D eigenvalue weighted by Crippen LogP contribution is 1.85. The predicted molar refractivity (Wildman–Crippen MR) is 26.4 cm³/mol. The number of rotatable bonds is 2. The molecule has 7 heavy (non-hydrogen) atoms. The molecule has 0 heterocycles. The van der Waals surface area contributed by atoms with Gasteiger partial charge in [-0.2, -0.15) is 0 Å². The monoisotopic (exact) mass is 98.0 g/mol. The van der Waals surface area contributed by atoms with E-state index in [4.69, 9.17) is 0 Å². The van der Waals surface area contributed by atoms with E-state index in [0.717, 1.165) is 6.08 Å². The minimum absolute atomic E-state index is 0.329. The van der Waals surface area contributed by atoms with E-state index in [1.165, 1.54) is 13.1 Å². The molecule has 2 nitrogen and oxygen atoms in total. The number of methoxy groups -OCH3 is 1. The lowest BCUT2D eigenvalue weighted by molar-refractivity contribution is 0.309. The summed E-state index contributed by atoms with van der Waals surface area (Å²) in [5.41, 5.74) is 0. The summed E-state index contributed by atoms with van der Waals surface area (Å²) in [5, 5.41) is 0. The first-order valence-electron chi connectivity index (χ1n) is 1.75. The lowest BCUT2D eigenvalue weighted by Crippen LogP contribution is -1.75. The van der Waals surface area contributed by atoms with E-state index >= 15 is 0 Å². The summed E-state index contributed by atoms with van der Waals surface area (Å²) in [6, 6.07) is 0. The molecule has 0 spiro atoms. The lowest BCUT2D eigenvalue weighted by atomic mass is 10.5. The molecule has 38 valence electrons. The highest BCUT2D eigenvalue weighted by atomic mass is 16.5. The Hall–Kier alpha value is -1.01. The van der Waals surface area contributed by atoms with Crippen LogP contribution in [0.2, 0.25) is 0 Å². The van der Waals surface area contributed by atoms with Crippen molar-refractivity contribution in [3.8, 4) is 0 Å². The Kier molecular flexibility index (Phi) is 2.73. The Morgan fingerprint density at radius 1 is 2.00 bits per heavy atom. The summed E-state index contributed by atoms with van der Waals surface area (Å²) in [6.07, 6.45) is 1.12. The average molecular weight is 98.1 g/mol. The van der Waals surface area contributed by atoms with Crippen molar-refractivity contribution in [2.45, 2.75) is 0 Å². The van der Waals surface area contributed by atoms with E-state index in [1.54, 1.807) is 0 Å². The zero-order chi connectivity index (χ0) is 5.70. The Morgan fingerprint density at radius 2 is 2.57 bits per heavy atom. The van der Waals surface area contributed by atoms with Crippen molar-refractivity contribution in [2.24, 2.45) is 0 Å². The Bertz CT molecular complexity index is 109. The molecule has 0 fully saturated rings. The van der Waals surface area contributed by atoms with Gasteiger partial charge in [-0.05, 0) is 0 Å². The maximum absolute atomic E-state index is 9.45. The van der Waals surface area contributed by atoms with Gasteiger partial charge in [0.05, 0.1) is 13.2 Å². The van der Waals surface area contributed by atoms with Crippen molar-refractivity contribution in [1.82, 2.24) is 0 Å². The third-order valence-electron chi connectivity index (χ3n) is 0.482. The number of hydrogen-bond donors (Lipinski definition) is 0. The molecule has 0 aromatic rings. The molecule has 0 atom stereocenters. The van der Waals surface area contributed by atoms with Gasteiger partial charge in [-0.3, -0.25) is 0 Å². The smallest absolute Gasteiger partial charge is 0.128 e. The molecular weight excluding hydrogens is 92.1 g/mol.